The molecule has 0 saturated carbocycles. The normalized spacial score (nSPS) is 15.1. The van der Waals surface area contributed by atoms with E-state index in [9.17, 15) is 0 Å². The summed E-state index contributed by atoms with van der Waals surface area (Å²) in [5, 5.41) is 0. The molecule has 1 aliphatic rings. The lowest BCUT2D eigenvalue weighted by Crippen LogP contribution is -2.24. The molecule has 154 valence electrons. The highest BCUT2D eigenvalue weighted by Crippen LogP contribution is 2.32. The van der Waals surface area contributed by atoms with Gasteiger partial charge in [0, 0.05) is 13.1 Å². The number of likely N-dealkylation sites (tertiary alicyclic amines) is 1. The summed E-state index contributed by atoms with van der Waals surface area (Å²) in [6.45, 7) is 5.25. The third kappa shape index (κ3) is 5.20. The highest BCUT2D eigenvalue weighted by atomic mass is 16.5. The van der Waals surface area contributed by atoms with E-state index in [0.29, 0.717) is 6.73 Å². The minimum Gasteiger partial charge on any atom is -0.478 e. The molecule has 0 unspecified atom stereocenters. The van der Waals surface area contributed by atoms with Crippen molar-refractivity contribution in [2.75, 3.05) is 19.8 Å². The van der Waals surface area contributed by atoms with Gasteiger partial charge in [0.15, 0.2) is 0 Å². The second kappa shape index (κ2) is 10.3. The minimum absolute atomic E-state index is 0.691. The molecule has 2 nitrogen and oxygen atoms in total. The van der Waals surface area contributed by atoms with Crippen LogP contribution in [0.25, 0.3) is 11.1 Å². The quantitative estimate of drug-likeness (QED) is 0.393. The van der Waals surface area contributed by atoms with E-state index >= 15 is 0 Å². The van der Waals surface area contributed by atoms with Gasteiger partial charge in [0.2, 0.25) is 0 Å². The largest absolute Gasteiger partial charge is 0.478 e. The van der Waals surface area contributed by atoms with Crippen LogP contribution in [0.2, 0.25) is 0 Å². The molecule has 0 amide bonds. The standard InChI is InChI=1S/C28H31NO/c1-2-27(24-13-7-4-8-14-24)28(21-23-11-5-3-6-12-23)25-15-17-26(18-16-25)30-22-29-19-9-10-20-29/h3-8,11-18H,2,9-10,19-22H2,1H3/b28-27-. The van der Waals surface area contributed by atoms with Crippen LogP contribution in [-0.4, -0.2) is 24.7 Å². The van der Waals surface area contributed by atoms with E-state index in [1.165, 1.54) is 40.7 Å². The van der Waals surface area contributed by atoms with Crippen molar-refractivity contribution in [1.29, 1.82) is 0 Å². The van der Waals surface area contributed by atoms with Crippen LogP contribution in [0.15, 0.2) is 84.9 Å². The van der Waals surface area contributed by atoms with Crippen molar-refractivity contribution in [1.82, 2.24) is 4.90 Å². The molecule has 1 heterocycles. The summed E-state index contributed by atoms with van der Waals surface area (Å²) in [6.07, 6.45) is 4.50. The lowest BCUT2D eigenvalue weighted by Gasteiger charge is -2.18. The van der Waals surface area contributed by atoms with Gasteiger partial charge >= 0.3 is 0 Å². The smallest absolute Gasteiger partial charge is 0.142 e. The number of allylic oxidation sites excluding steroid dienone is 2. The van der Waals surface area contributed by atoms with Gasteiger partial charge in [-0.1, -0.05) is 79.7 Å². The highest BCUT2D eigenvalue weighted by molar-refractivity contribution is 5.91. The first-order valence-corrected chi connectivity index (χ1v) is 11.1. The maximum Gasteiger partial charge on any atom is 0.142 e. The van der Waals surface area contributed by atoms with Crippen molar-refractivity contribution in [3.8, 4) is 5.75 Å². The summed E-state index contributed by atoms with van der Waals surface area (Å²) < 4.78 is 6.02. The van der Waals surface area contributed by atoms with Crippen molar-refractivity contribution in [2.24, 2.45) is 0 Å². The zero-order valence-electron chi connectivity index (χ0n) is 17.9. The number of rotatable bonds is 8. The van der Waals surface area contributed by atoms with Gasteiger partial charge in [-0.05, 0) is 65.7 Å². The summed E-state index contributed by atoms with van der Waals surface area (Å²) in [5.41, 5.74) is 6.71. The number of benzene rings is 3. The van der Waals surface area contributed by atoms with E-state index < -0.39 is 0 Å². The van der Waals surface area contributed by atoms with Gasteiger partial charge in [-0.15, -0.1) is 0 Å². The number of ether oxygens (including phenoxy) is 1. The third-order valence-electron chi connectivity index (χ3n) is 5.88. The molecule has 0 aromatic heterocycles. The van der Waals surface area contributed by atoms with Gasteiger partial charge in [0.05, 0.1) is 0 Å². The molecule has 1 aliphatic heterocycles. The maximum absolute atomic E-state index is 6.02. The first-order valence-electron chi connectivity index (χ1n) is 11.1. The summed E-state index contributed by atoms with van der Waals surface area (Å²) in [7, 11) is 0. The van der Waals surface area contributed by atoms with E-state index in [1.54, 1.807) is 0 Å². The highest BCUT2D eigenvalue weighted by Gasteiger charge is 2.13. The average Bonchev–Trinajstić information content (AvgIpc) is 3.33. The van der Waals surface area contributed by atoms with Gasteiger partial charge in [-0.3, -0.25) is 4.90 Å². The second-order valence-electron chi connectivity index (χ2n) is 7.96. The number of hydrogen-bond acceptors (Lipinski definition) is 2. The van der Waals surface area contributed by atoms with Gasteiger partial charge < -0.3 is 4.74 Å². The van der Waals surface area contributed by atoms with E-state index in [4.69, 9.17) is 4.74 Å². The molecular weight excluding hydrogens is 366 g/mol. The van der Waals surface area contributed by atoms with E-state index in [-0.39, 0.29) is 0 Å². The first kappa shape index (κ1) is 20.4. The predicted octanol–water partition coefficient (Wildman–Crippen LogP) is 6.68. The zero-order chi connectivity index (χ0) is 20.6. The Morgan fingerprint density at radius 1 is 0.733 bits per heavy atom. The monoisotopic (exact) mass is 397 g/mol. The van der Waals surface area contributed by atoms with Crippen molar-refractivity contribution in [3.63, 3.8) is 0 Å². The molecule has 0 N–H and O–H groups in total. The molecule has 0 atom stereocenters. The molecular formula is C28H31NO. The fourth-order valence-electron chi connectivity index (χ4n) is 4.24. The fraction of sp³-hybridized carbons (Fsp3) is 0.286. The van der Waals surface area contributed by atoms with Gasteiger partial charge in [0.25, 0.3) is 0 Å². The molecule has 2 heteroatoms. The lowest BCUT2D eigenvalue weighted by atomic mass is 9.89. The second-order valence-corrected chi connectivity index (χ2v) is 7.96. The Morgan fingerprint density at radius 3 is 1.97 bits per heavy atom. The number of hydrogen-bond donors (Lipinski definition) is 0. The molecule has 0 radical (unpaired) electrons. The number of nitrogens with zero attached hydrogens (tertiary/aromatic N) is 1. The molecule has 0 bridgehead atoms. The third-order valence-corrected chi connectivity index (χ3v) is 5.88. The Hall–Kier alpha value is -2.84. The Bertz CT molecular complexity index is 939. The van der Waals surface area contributed by atoms with Crippen molar-refractivity contribution in [3.05, 3.63) is 102 Å². The Labute approximate surface area is 180 Å². The molecule has 3 aromatic rings. The summed E-state index contributed by atoms with van der Waals surface area (Å²) >= 11 is 0. The summed E-state index contributed by atoms with van der Waals surface area (Å²) in [4.78, 5) is 2.37. The Balaban J connectivity index is 1.62. The van der Waals surface area contributed by atoms with Crippen LogP contribution in [0, 0.1) is 0 Å². The molecule has 0 aliphatic carbocycles. The average molecular weight is 398 g/mol. The van der Waals surface area contributed by atoms with Crippen molar-refractivity contribution < 1.29 is 4.74 Å². The van der Waals surface area contributed by atoms with Crippen LogP contribution >= 0.6 is 0 Å². The van der Waals surface area contributed by atoms with Crippen LogP contribution in [0.1, 0.15) is 42.9 Å². The zero-order valence-corrected chi connectivity index (χ0v) is 17.9. The van der Waals surface area contributed by atoms with E-state index in [1.807, 2.05) is 0 Å². The topological polar surface area (TPSA) is 12.5 Å². The van der Waals surface area contributed by atoms with Crippen molar-refractivity contribution in [2.45, 2.75) is 32.6 Å². The molecule has 0 spiro atoms. The summed E-state index contributed by atoms with van der Waals surface area (Å²) in [5.74, 6) is 0.947. The Morgan fingerprint density at radius 2 is 1.33 bits per heavy atom. The van der Waals surface area contributed by atoms with Gasteiger partial charge in [-0.2, -0.15) is 0 Å². The molecule has 4 rings (SSSR count). The predicted molar refractivity (Wildman–Crippen MR) is 126 cm³/mol. The maximum atomic E-state index is 6.02. The summed E-state index contributed by atoms with van der Waals surface area (Å²) in [6, 6.07) is 30.2. The lowest BCUT2D eigenvalue weighted by molar-refractivity contribution is 0.152. The SMILES string of the molecule is CC/C(=C(\Cc1ccccc1)c1ccc(OCN2CCCC2)cc1)c1ccccc1. The van der Waals surface area contributed by atoms with E-state index in [2.05, 4.69) is 96.8 Å². The first-order chi connectivity index (χ1) is 14.8. The molecule has 3 aromatic carbocycles. The van der Waals surface area contributed by atoms with Crippen LogP contribution in [0.4, 0.5) is 0 Å². The van der Waals surface area contributed by atoms with E-state index in [0.717, 1.165) is 31.7 Å². The van der Waals surface area contributed by atoms with Crippen LogP contribution < -0.4 is 4.74 Å². The molecule has 30 heavy (non-hydrogen) atoms. The fourth-order valence-corrected chi connectivity index (χ4v) is 4.24. The molecule has 1 fully saturated rings. The van der Waals surface area contributed by atoms with Gasteiger partial charge in [0.1, 0.15) is 12.5 Å². The van der Waals surface area contributed by atoms with Crippen molar-refractivity contribution >= 4 is 11.1 Å². The Kier molecular flexibility index (Phi) is 6.99. The minimum atomic E-state index is 0.691. The van der Waals surface area contributed by atoms with Gasteiger partial charge in [-0.25, -0.2) is 0 Å². The van der Waals surface area contributed by atoms with Crippen LogP contribution in [-0.2, 0) is 6.42 Å². The van der Waals surface area contributed by atoms with Crippen LogP contribution in [0.5, 0.6) is 5.75 Å². The van der Waals surface area contributed by atoms with Crippen LogP contribution in [0.3, 0.4) is 0 Å². The molecule has 1 saturated heterocycles.